The Morgan fingerprint density at radius 3 is 1.33 bits per heavy atom. The largest absolute Gasteiger partial charge is 0.394 e. The highest BCUT2D eigenvalue weighted by molar-refractivity contribution is 5.76. The quantitative estimate of drug-likeness (QED) is 0.0604. The van der Waals surface area contributed by atoms with Crippen LogP contribution in [0.1, 0.15) is 110 Å². The van der Waals surface area contributed by atoms with E-state index in [1.165, 1.54) is 0 Å². The summed E-state index contributed by atoms with van der Waals surface area (Å²) in [6, 6.07) is -0.682. The number of nitrogens with one attached hydrogen (secondary N) is 1. The Morgan fingerprint density at radius 1 is 0.533 bits per heavy atom. The number of carbonyl (C=O) groups excluding carboxylic acids is 1. The number of aliphatic hydroxyl groups is 2. The molecule has 0 aliphatic heterocycles. The van der Waals surface area contributed by atoms with Crippen LogP contribution in [-0.4, -0.2) is 34.9 Å². The van der Waals surface area contributed by atoms with Crippen LogP contribution in [0, 0.1) is 0 Å². The number of aliphatic hydroxyl groups excluding tert-OH is 2. The lowest BCUT2D eigenvalue weighted by atomic mass is 10.1. The molecule has 0 aliphatic carbocycles. The van der Waals surface area contributed by atoms with Crippen molar-refractivity contribution >= 4 is 5.91 Å². The van der Waals surface area contributed by atoms with Gasteiger partial charge < -0.3 is 15.5 Å². The molecule has 45 heavy (non-hydrogen) atoms. The van der Waals surface area contributed by atoms with E-state index in [0.717, 1.165) is 89.9 Å². The minimum atomic E-state index is -0.900. The molecule has 250 valence electrons. The Labute approximate surface area is 276 Å². The molecule has 0 saturated heterocycles. The molecular weight excluding hydrogens is 554 g/mol. The van der Waals surface area contributed by atoms with Crippen molar-refractivity contribution in [3.63, 3.8) is 0 Å². The molecule has 4 heteroatoms. The summed E-state index contributed by atoms with van der Waals surface area (Å²) in [6.45, 7) is 3.99. The number of hydrogen-bond donors (Lipinski definition) is 3. The van der Waals surface area contributed by atoms with Gasteiger partial charge in [0.25, 0.3) is 0 Å². The third-order valence-corrected chi connectivity index (χ3v) is 6.67. The van der Waals surface area contributed by atoms with Crippen molar-refractivity contribution in [2.45, 2.75) is 122 Å². The first-order valence-electron chi connectivity index (χ1n) is 17.2. The van der Waals surface area contributed by atoms with Gasteiger partial charge in [0, 0.05) is 6.42 Å². The van der Waals surface area contributed by atoms with Crippen molar-refractivity contribution in [1.29, 1.82) is 0 Å². The van der Waals surface area contributed by atoms with Crippen LogP contribution in [0.15, 0.2) is 122 Å². The topological polar surface area (TPSA) is 69.6 Å². The molecule has 0 aromatic heterocycles. The van der Waals surface area contributed by atoms with Crippen molar-refractivity contribution in [3.8, 4) is 0 Å². The summed E-state index contributed by atoms with van der Waals surface area (Å²) in [5.74, 6) is -0.146. The first-order valence-corrected chi connectivity index (χ1v) is 17.2. The smallest absolute Gasteiger partial charge is 0.220 e. The zero-order chi connectivity index (χ0) is 32.9. The first-order chi connectivity index (χ1) is 22.2. The lowest BCUT2D eigenvalue weighted by molar-refractivity contribution is -0.122. The predicted octanol–water partition coefficient (Wildman–Crippen LogP) is 10.3. The minimum Gasteiger partial charge on any atom is -0.394 e. The van der Waals surface area contributed by atoms with Crippen molar-refractivity contribution in [1.82, 2.24) is 5.32 Å². The van der Waals surface area contributed by atoms with Crippen molar-refractivity contribution < 1.29 is 15.0 Å². The average Bonchev–Trinajstić information content (AvgIpc) is 3.04. The summed E-state index contributed by atoms with van der Waals surface area (Å²) in [6.07, 6.45) is 55.7. The maximum Gasteiger partial charge on any atom is 0.220 e. The van der Waals surface area contributed by atoms with Gasteiger partial charge in [-0.25, -0.2) is 0 Å². The van der Waals surface area contributed by atoms with Gasteiger partial charge in [-0.1, -0.05) is 135 Å². The number of allylic oxidation sites excluding steroid dienone is 19. The van der Waals surface area contributed by atoms with Gasteiger partial charge in [-0.2, -0.15) is 0 Å². The van der Waals surface area contributed by atoms with Gasteiger partial charge >= 0.3 is 0 Å². The Balaban J connectivity index is 3.88. The second-order valence-corrected chi connectivity index (χ2v) is 10.8. The molecule has 0 bridgehead atoms. The van der Waals surface area contributed by atoms with Crippen LogP contribution >= 0.6 is 0 Å². The fourth-order valence-corrected chi connectivity index (χ4v) is 4.08. The van der Waals surface area contributed by atoms with E-state index in [9.17, 15) is 15.0 Å². The number of unbranched alkanes of at least 4 members (excludes halogenated alkanes) is 3. The second kappa shape index (κ2) is 35.3. The molecule has 1 amide bonds. The van der Waals surface area contributed by atoms with Crippen LogP contribution in [0.2, 0.25) is 0 Å². The van der Waals surface area contributed by atoms with Gasteiger partial charge in [0.15, 0.2) is 0 Å². The van der Waals surface area contributed by atoms with E-state index in [2.05, 4.69) is 129 Å². The van der Waals surface area contributed by atoms with E-state index in [1.54, 1.807) is 6.08 Å². The highest BCUT2D eigenvalue weighted by Crippen LogP contribution is 2.04. The molecule has 0 aromatic carbocycles. The summed E-state index contributed by atoms with van der Waals surface area (Å²) in [5, 5.41) is 22.7. The Kier molecular flexibility index (Phi) is 32.8. The van der Waals surface area contributed by atoms with Gasteiger partial charge in [0.1, 0.15) is 0 Å². The lowest BCUT2D eigenvalue weighted by Crippen LogP contribution is -2.45. The Morgan fingerprint density at radius 2 is 0.889 bits per heavy atom. The van der Waals surface area contributed by atoms with E-state index in [-0.39, 0.29) is 12.5 Å². The fourth-order valence-electron chi connectivity index (χ4n) is 4.08. The molecule has 2 atom stereocenters. The summed E-state index contributed by atoms with van der Waals surface area (Å²) < 4.78 is 0. The maximum absolute atomic E-state index is 12.3. The molecule has 0 aromatic rings. The van der Waals surface area contributed by atoms with Gasteiger partial charge in [-0.3, -0.25) is 4.79 Å². The number of hydrogen-bond acceptors (Lipinski definition) is 3. The SMILES string of the molecule is CC/C=C\C/C=C\C/C=C\C/C=C\C/C=C\C/C=C\C/C=C\CCCC(=O)NC(CO)C(O)/C=C/CC/C=C/CC/C=C/CC. The van der Waals surface area contributed by atoms with Gasteiger partial charge in [0.05, 0.1) is 18.8 Å². The van der Waals surface area contributed by atoms with Crippen LogP contribution in [0.3, 0.4) is 0 Å². The molecular formula is C41H63NO3. The summed E-state index contributed by atoms with van der Waals surface area (Å²) >= 11 is 0. The molecule has 0 heterocycles. The molecule has 0 saturated carbocycles. The van der Waals surface area contributed by atoms with E-state index in [4.69, 9.17) is 0 Å². The van der Waals surface area contributed by atoms with Crippen LogP contribution in [-0.2, 0) is 4.79 Å². The van der Waals surface area contributed by atoms with E-state index in [1.807, 2.05) is 6.08 Å². The molecule has 0 aliphatic rings. The highest BCUT2D eigenvalue weighted by atomic mass is 16.3. The monoisotopic (exact) mass is 617 g/mol. The third-order valence-electron chi connectivity index (χ3n) is 6.67. The molecule has 2 unspecified atom stereocenters. The van der Waals surface area contributed by atoms with E-state index in [0.29, 0.717) is 6.42 Å². The summed E-state index contributed by atoms with van der Waals surface area (Å²) in [5.41, 5.74) is 0. The third kappa shape index (κ3) is 32.0. The molecule has 0 rings (SSSR count). The number of amides is 1. The van der Waals surface area contributed by atoms with Crippen LogP contribution in [0.25, 0.3) is 0 Å². The Bertz CT molecular complexity index is 975. The molecule has 0 fully saturated rings. The zero-order valence-corrected chi connectivity index (χ0v) is 28.3. The van der Waals surface area contributed by atoms with Crippen LogP contribution < -0.4 is 5.32 Å². The first kappa shape index (κ1) is 41.8. The van der Waals surface area contributed by atoms with Crippen LogP contribution in [0.4, 0.5) is 0 Å². The molecule has 0 spiro atoms. The Hall–Kier alpha value is -3.21. The zero-order valence-electron chi connectivity index (χ0n) is 28.3. The van der Waals surface area contributed by atoms with E-state index >= 15 is 0 Å². The molecule has 3 N–H and O–H groups in total. The second-order valence-electron chi connectivity index (χ2n) is 10.8. The van der Waals surface area contributed by atoms with Gasteiger partial charge in [-0.05, 0) is 89.9 Å². The highest BCUT2D eigenvalue weighted by Gasteiger charge is 2.17. The number of rotatable bonds is 28. The summed E-state index contributed by atoms with van der Waals surface area (Å²) in [7, 11) is 0. The van der Waals surface area contributed by atoms with Gasteiger partial charge in [0.2, 0.25) is 5.91 Å². The maximum atomic E-state index is 12.3. The fraction of sp³-hybridized carbons (Fsp3) is 0.488. The normalized spacial score (nSPS) is 14.7. The van der Waals surface area contributed by atoms with Crippen molar-refractivity contribution in [2.24, 2.45) is 0 Å². The molecule has 0 radical (unpaired) electrons. The van der Waals surface area contributed by atoms with Gasteiger partial charge in [-0.15, -0.1) is 0 Å². The van der Waals surface area contributed by atoms with Crippen LogP contribution in [0.5, 0.6) is 0 Å². The predicted molar refractivity (Wildman–Crippen MR) is 197 cm³/mol. The number of carbonyl (C=O) groups is 1. The lowest BCUT2D eigenvalue weighted by Gasteiger charge is -2.19. The average molecular weight is 618 g/mol. The van der Waals surface area contributed by atoms with Crippen molar-refractivity contribution in [2.75, 3.05) is 6.61 Å². The minimum absolute atomic E-state index is 0.146. The standard InChI is InChI=1S/C41H63NO3/c1-3-5-7-9-11-13-15-16-17-18-19-20-21-22-23-24-25-26-27-29-31-33-35-37-41(45)42-39(38-43)40(44)36-34-32-30-28-14-12-10-8-6-4-2/h5-8,11,13-14,16-17,19-20,22-23,25-26,28-29,31,34,36,39-40,43-44H,3-4,9-10,12,15,18,21,24,27,30,32-33,35,37-38H2,1-2H3,(H,42,45)/b7-5-,8-6+,13-11-,17-16-,20-19-,23-22-,26-25-,28-14+,31-29-,36-34+. The van der Waals surface area contributed by atoms with E-state index < -0.39 is 12.1 Å². The van der Waals surface area contributed by atoms with Crippen molar-refractivity contribution in [3.05, 3.63) is 122 Å². The molecule has 4 nitrogen and oxygen atoms in total. The summed E-state index contributed by atoms with van der Waals surface area (Å²) in [4.78, 5) is 12.3.